The van der Waals surface area contributed by atoms with Crippen LogP contribution in [-0.2, 0) is 13.0 Å². The highest BCUT2D eigenvalue weighted by molar-refractivity contribution is 6.31. The Morgan fingerprint density at radius 1 is 1.33 bits per heavy atom. The molecule has 0 amide bonds. The summed E-state index contributed by atoms with van der Waals surface area (Å²) in [7, 11) is 0. The smallest absolute Gasteiger partial charge is 0.240 e. The van der Waals surface area contributed by atoms with Gasteiger partial charge in [0.25, 0.3) is 0 Å². The van der Waals surface area contributed by atoms with Crippen molar-refractivity contribution in [2.75, 3.05) is 0 Å². The highest BCUT2D eigenvalue weighted by Gasteiger charge is 2.09. The van der Waals surface area contributed by atoms with E-state index < -0.39 is 0 Å². The van der Waals surface area contributed by atoms with Crippen molar-refractivity contribution in [2.45, 2.75) is 32.9 Å². The van der Waals surface area contributed by atoms with E-state index in [0.717, 1.165) is 10.6 Å². The molecule has 0 aliphatic rings. The Hall–Kier alpha value is -1.39. The van der Waals surface area contributed by atoms with E-state index in [2.05, 4.69) is 29.3 Å². The monoisotopic (exact) mass is 265 g/mol. The number of halogens is 1. The SMILES string of the molecule is CC(C)NCc1nc(Cc2ccccc2Cl)no1. The fraction of sp³-hybridized carbons (Fsp3) is 0.385. The van der Waals surface area contributed by atoms with Gasteiger partial charge in [0.1, 0.15) is 0 Å². The van der Waals surface area contributed by atoms with Gasteiger partial charge in [-0.05, 0) is 11.6 Å². The largest absolute Gasteiger partial charge is 0.338 e. The van der Waals surface area contributed by atoms with Gasteiger partial charge >= 0.3 is 0 Å². The van der Waals surface area contributed by atoms with Gasteiger partial charge in [-0.15, -0.1) is 0 Å². The number of aromatic nitrogens is 2. The highest BCUT2D eigenvalue weighted by Crippen LogP contribution is 2.17. The van der Waals surface area contributed by atoms with E-state index in [1.807, 2.05) is 24.3 Å². The van der Waals surface area contributed by atoms with Crippen LogP contribution >= 0.6 is 11.6 Å². The van der Waals surface area contributed by atoms with E-state index in [1.165, 1.54) is 0 Å². The summed E-state index contributed by atoms with van der Waals surface area (Å²) in [4.78, 5) is 4.32. The van der Waals surface area contributed by atoms with Gasteiger partial charge < -0.3 is 9.84 Å². The molecule has 0 aliphatic carbocycles. The van der Waals surface area contributed by atoms with E-state index in [1.54, 1.807) is 0 Å². The Kier molecular flexibility index (Phi) is 4.33. The van der Waals surface area contributed by atoms with Gasteiger partial charge in [-0.1, -0.05) is 48.8 Å². The maximum atomic E-state index is 6.09. The third-order valence-electron chi connectivity index (χ3n) is 2.48. The lowest BCUT2D eigenvalue weighted by atomic mass is 10.1. The normalized spacial score (nSPS) is 11.1. The molecule has 2 rings (SSSR count). The summed E-state index contributed by atoms with van der Waals surface area (Å²) < 4.78 is 5.16. The molecular formula is C13H16ClN3O. The van der Waals surface area contributed by atoms with Crippen LogP contribution in [0.5, 0.6) is 0 Å². The van der Waals surface area contributed by atoms with Crippen molar-refractivity contribution < 1.29 is 4.52 Å². The molecule has 0 unspecified atom stereocenters. The summed E-state index contributed by atoms with van der Waals surface area (Å²) in [5.74, 6) is 1.26. The number of nitrogens with zero attached hydrogens (tertiary/aromatic N) is 2. The average molecular weight is 266 g/mol. The first-order valence-corrected chi connectivity index (χ1v) is 6.31. The molecule has 5 heteroatoms. The Labute approximate surface area is 111 Å². The van der Waals surface area contributed by atoms with Crippen molar-refractivity contribution in [3.8, 4) is 0 Å². The molecule has 0 bridgehead atoms. The topological polar surface area (TPSA) is 51.0 Å². The van der Waals surface area contributed by atoms with Crippen molar-refractivity contribution in [3.05, 3.63) is 46.6 Å². The van der Waals surface area contributed by atoms with E-state index >= 15 is 0 Å². The fourth-order valence-electron chi connectivity index (χ4n) is 1.54. The number of hydrogen-bond donors (Lipinski definition) is 1. The van der Waals surface area contributed by atoms with Crippen molar-refractivity contribution in [3.63, 3.8) is 0 Å². The molecule has 0 aliphatic heterocycles. The minimum absolute atomic E-state index is 0.393. The standard InChI is InChI=1S/C13H16ClN3O/c1-9(2)15-8-13-16-12(17-18-13)7-10-5-3-4-6-11(10)14/h3-6,9,15H,7-8H2,1-2H3. The molecule has 1 aromatic carbocycles. The van der Waals surface area contributed by atoms with Gasteiger partial charge in [-0.2, -0.15) is 4.98 Å². The molecule has 0 saturated heterocycles. The summed E-state index contributed by atoms with van der Waals surface area (Å²) in [6, 6.07) is 8.06. The van der Waals surface area contributed by atoms with Crippen molar-refractivity contribution in [1.29, 1.82) is 0 Å². The molecule has 0 radical (unpaired) electrons. The zero-order chi connectivity index (χ0) is 13.0. The van der Waals surface area contributed by atoms with Gasteiger partial charge in [0.2, 0.25) is 5.89 Å². The van der Waals surface area contributed by atoms with E-state index in [9.17, 15) is 0 Å². The lowest BCUT2D eigenvalue weighted by Gasteiger charge is -2.03. The number of benzene rings is 1. The lowest BCUT2D eigenvalue weighted by molar-refractivity contribution is 0.358. The Morgan fingerprint density at radius 3 is 2.83 bits per heavy atom. The second kappa shape index (κ2) is 5.98. The lowest BCUT2D eigenvalue weighted by Crippen LogP contribution is -2.21. The van der Waals surface area contributed by atoms with Crippen LogP contribution in [0.2, 0.25) is 5.02 Å². The van der Waals surface area contributed by atoms with Crippen LogP contribution in [0.3, 0.4) is 0 Å². The molecule has 0 fully saturated rings. The van der Waals surface area contributed by atoms with E-state index in [0.29, 0.717) is 30.7 Å². The first-order chi connectivity index (χ1) is 8.65. The minimum Gasteiger partial charge on any atom is -0.338 e. The third kappa shape index (κ3) is 3.55. The molecule has 4 nitrogen and oxygen atoms in total. The van der Waals surface area contributed by atoms with Crippen LogP contribution in [0.25, 0.3) is 0 Å². The third-order valence-corrected chi connectivity index (χ3v) is 2.85. The van der Waals surface area contributed by atoms with E-state index in [-0.39, 0.29) is 0 Å². The minimum atomic E-state index is 0.393. The van der Waals surface area contributed by atoms with Gasteiger partial charge in [0.15, 0.2) is 5.82 Å². The average Bonchev–Trinajstić information content (AvgIpc) is 2.77. The quantitative estimate of drug-likeness (QED) is 0.903. The molecule has 0 spiro atoms. The summed E-state index contributed by atoms with van der Waals surface area (Å²) >= 11 is 6.09. The zero-order valence-electron chi connectivity index (χ0n) is 10.5. The molecule has 96 valence electrons. The van der Waals surface area contributed by atoms with Gasteiger partial charge in [0.05, 0.1) is 6.54 Å². The van der Waals surface area contributed by atoms with Crippen LogP contribution in [0.4, 0.5) is 0 Å². The molecule has 1 heterocycles. The molecule has 2 aromatic rings. The van der Waals surface area contributed by atoms with Crippen LogP contribution in [0.15, 0.2) is 28.8 Å². The Morgan fingerprint density at radius 2 is 2.11 bits per heavy atom. The summed E-state index contributed by atoms with van der Waals surface area (Å²) in [6.07, 6.45) is 0.588. The molecule has 18 heavy (non-hydrogen) atoms. The number of rotatable bonds is 5. The first-order valence-electron chi connectivity index (χ1n) is 5.93. The molecule has 1 N–H and O–H groups in total. The summed E-state index contributed by atoms with van der Waals surface area (Å²) in [5.41, 5.74) is 1.00. The van der Waals surface area contributed by atoms with Gasteiger partial charge in [0, 0.05) is 17.5 Å². The van der Waals surface area contributed by atoms with Crippen molar-refractivity contribution in [1.82, 2.24) is 15.5 Å². The first kappa shape index (κ1) is 13.1. The van der Waals surface area contributed by atoms with Crippen LogP contribution in [-0.4, -0.2) is 16.2 Å². The van der Waals surface area contributed by atoms with Crippen LogP contribution in [0.1, 0.15) is 31.1 Å². The predicted molar refractivity (Wildman–Crippen MR) is 70.5 cm³/mol. The van der Waals surface area contributed by atoms with Crippen molar-refractivity contribution >= 4 is 11.6 Å². The van der Waals surface area contributed by atoms with E-state index in [4.69, 9.17) is 16.1 Å². The van der Waals surface area contributed by atoms with Crippen LogP contribution in [0, 0.1) is 0 Å². The second-order valence-electron chi connectivity index (χ2n) is 4.41. The van der Waals surface area contributed by atoms with Crippen LogP contribution < -0.4 is 5.32 Å². The highest BCUT2D eigenvalue weighted by atomic mass is 35.5. The number of nitrogens with one attached hydrogen (secondary N) is 1. The Bertz CT molecular complexity index is 510. The fourth-order valence-corrected chi connectivity index (χ4v) is 1.74. The summed E-state index contributed by atoms with van der Waals surface area (Å²) in [6.45, 7) is 4.73. The Balaban J connectivity index is 2.00. The van der Waals surface area contributed by atoms with Crippen molar-refractivity contribution in [2.24, 2.45) is 0 Å². The van der Waals surface area contributed by atoms with Gasteiger partial charge in [-0.25, -0.2) is 0 Å². The number of hydrogen-bond acceptors (Lipinski definition) is 4. The molecular weight excluding hydrogens is 250 g/mol. The maximum Gasteiger partial charge on any atom is 0.240 e. The zero-order valence-corrected chi connectivity index (χ0v) is 11.2. The molecule has 0 saturated carbocycles. The maximum absolute atomic E-state index is 6.09. The van der Waals surface area contributed by atoms with Gasteiger partial charge in [-0.3, -0.25) is 0 Å². The molecule has 0 atom stereocenters. The second-order valence-corrected chi connectivity index (χ2v) is 4.82. The molecule has 1 aromatic heterocycles. The predicted octanol–water partition coefficient (Wildman–Crippen LogP) is 2.81. The summed E-state index contributed by atoms with van der Waals surface area (Å²) in [5, 5.41) is 7.90.